The van der Waals surface area contributed by atoms with Gasteiger partial charge in [-0.3, -0.25) is 0 Å². The molecule has 3 heteroatoms. The smallest absolute Gasteiger partial charge is 0.124 e. The number of benzene rings is 1. The number of nitrogen functional groups attached to an aromatic ring is 1. The van der Waals surface area contributed by atoms with E-state index in [0.717, 1.165) is 24.2 Å². The molecule has 2 aromatic rings. The predicted molar refractivity (Wildman–Crippen MR) is 76.3 cm³/mol. The van der Waals surface area contributed by atoms with Gasteiger partial charge in [-0.25, -0.2) is 4.98 Å². The molecule has 1 aromatic carbocycles. The van der Waals surface area contributed by atoms with Crippen LogP contribution in [0.4, 0.5) is 5.82 Å². The lowest BCUT2D eigenvalue weighted by Crippen LogP contribution is -2.14. The summed E-state index contributed by atoms with van der Waals surface area (Å²) in [6, 6.07) is 14.2. The maximum absolute atomic E-state index is 5.69. The van der Waals surface area contributed by atoms with Crippen LogP contribution in [0, 0.1) is 0 Å². The maximum Gasteiger partial charge on any atom is 0.124 e. The van der Waals surface area contributed by atoms with Gasteiger partial charge in [0.05, 0.1) is 5.69 Å². The van der Waals surface area contributed by atoms with Gasteiger partial charge in [-0.15, -0.1) is 0 Å². The molecule has 0 saturated carbocycles. The van der Waals surface area contributed by atoms with E-state index in [9.17, 15) is 0 Å². The molecule has 0 aliphatic rings. The molecule has 0 atom stereocenters. The third-order valence-corrected chi connectivity index (χ3v) is 2.87. The first kappa shape index (κ1) is 12.6. The lowest BCUT2D eigenvalue weighted by molar-refractivity contribution is 0.413. The summed E-state index contributed by atoms with van der Waals surface area (Å²) in [6.07, 6.45) is 1.07. The summed E-state index contributed by atoms with van der Waals surface area (Å²) in [5.74, 6) is 0.559. The number of likely N-dealkylation sites (N-methyl/N-ethyl adjacent to an activating group) is 1. The van der Waals surface area contributed by atoms with Crippen LogP contribution < -0.4 is 5.73 Å². The fraction of sp³-hybridized carbons (Fsp3) is 0.267. The van der Waals surface area contributed by atoms with Crippen molar-refractivity contribution in [3.05, 3.63) is 48.0 Å². The highest BCUT2D eigenvalue weighted by Gasteiger charge is 2.00. The Morgan fingerprint density at radius 1 is 1.06 bits per heavy atom. The molecule has 2 rings (SSSR count). The van der Waals surface area contributed by atoms with Crippen LogP contribution in [0.15, 0.2) is 42.5 Å². The molecule has 94 valence electrons. The van der Waals surface area contributed by atoms with Gasteiger partial charge in [0.1, 0.15) is 5.82 Å². The van der Waals surface area contributed by atoms with Crippen LogP contribution in [0.5, 0.6) is 0 Å². The normalized spacial score (nSPS) is 10.8. The highest BCUT2D eigenvalue weighted by Crippen LogP contribution is 2.18. The summed E-state index contributed by atoms with van der Waals surface area (Å²) in [5.41, 5.74) is 9.07. The van der Waals surface area contributed by atoms with Crippen LogP contribution in [0.2, 0.25) is 0 Å². The third kappa shape index (κ3) is 3.31. The highest BCUT2D eigenvalue weighted by molar-refractivity contribution is 5.61. The van der Waals surface area contributed by atoms with Gasteiger partial charge in [0.2, 0.25) is 0 Å². The van der Waals surface area contributed by atoms with E-state index in [1.165, 1.54) is 5.56 Å². The molecule has 18 heavy (non-hydrogen) atoms. The Morgan fingerprint density at radius 3 is 2.39 bits per heavy atom. The van der Waals surface area contributed by atoms with E-state index in [2.05, 4.69) is 48.2 Å². The van der Waals surface area contributed by atoms with E-state index in [0.29, 0.717) is 5.82 Å². The molecule has 3 nitrogen and oxygen atoms in total. The Hall–Kier alpha value is -1.87. The number of hydrogen-bond acceptors (Lipinski definition) is 3. The van der Waals surface area contributed by atoms with Crippen molar-refractivity contribution < 1.29 is 0 Å². The summed E-state index contributed by atoms with van der Waals surface area (Å²) in [7, 11) is 4.18. The average molecular weight is 241 g/mol. The first-order valence-corrected chi connectivity index (χ1v) is 6.12. The zero-order valence-electron chi connectivity index (χ0n) is 10.9. The molecular formula is C15H19N3. The number of hydrogen-bond donors (Lipinski definition) is 1. The average Bonchev–Trinajstić information content (AvgIpc) is 2.37. The van der Waals surface area contributed by atoms with E-state index in [1.54, 1.807) is 6.07 Å². The summed E-state index contributed by atoms with van der Waals surface area (Å²) >= 11 is 0. The van der Waals surface area contributed by atoms with Crippen molar-refractivity contribution in [3.63, 3.8) is 0 Å². The second-order valence-electron chi connectivity index (χ2n) is 4.70. The van der Waals surface area contributed by atoms with Crippen molar-refractivity contribution >= 4 is 5.82 Å². The van der Waals surface area contributed by atoms with Crippen LogP contribution in [0.1, 0.15) is 5.56 Å². The minimum atomic E-state index is 0.559. The second-order valence-corrected chi connectivity index (χ2v) is 4.70. The lowest BCUT2D eigenvalue weighted by Gasteiger charge is -2.09. The van der Waals surface area contributed by atoms with Crippen molar-refractivity contribution in [3.8, 4) is 11.3 Å². The largest absolute Gasteiger partial charge is 0.384 e. The summed E-state index contributed by atoms with van der Waals surface area (Å²) in [4.78, 5) is 6.50. The van der Waals surface area contributed by atoms with Gasteiger partial charge in [-0.1, -0.05) is 30.3 Å². The van der Waals surface area contributed by atoms with Gasteiger partial charge >= 0.3 is 0 Å². The number of nitrogens with zero attached hydrogens (tertiary/aromatic N) is 2. The number of nitrogens with two attached hydrogens (primary N) is 1. The van der Waals surface area contributed by atoms with Crippen molar-refractivity contribution in [2.75, 3.05) is 26.4 Å². The standard InChI is InChI=1S/C15H19N3/c1-18(2)11-10-12-6-8-13(9-7-12)14-4-3-5-15(16)17-14/h3-9H,10-11H2,1-2H3,(H2,16,17). The molecule has 0 radical (unpaired) electrons. The van der Waals surface area contributed by atoms with Crippen LogP contribution in [-0.2, 0) is 6.42 Å². The molecule has 0 aliphatic heterocycles. The van der Waals surface area contributed by atoms with Crippen molar-refractivity contribution in [1.29, 1.82) is 0 Å². The molecule has 0 fully saturated rings. The van der Waals surface area contributed by atoms with E-state index in [1.807, 2.05) is 12.1 Å². The lowest BCUT2D eigenvalue weighted by atomic mass is 10.1. The third-order valence-electron chi connectivity index (χ3n) is 2.87. The van der Waals surface area contributed by atoms with Gasteiger partial charge in [0, 0.05) is 12.1 Å². The van der Waals surface area contributed by atoms with E-state index in [-0.39, 0.29) is 0 Å². The Labute approximate surface area is 108 Å². The summed E-state index contributed by atoms with van der Waals surface area (Å²) in [6.45, 7) is 1.07. The fourth-order valence-electron chi connectivity index (χ4n) is 1.81. The Bertz CT molecular complexity index is 503. The molecule has 0 bridgehead atoms. The quantitative estimate of drug-likeness (QED) is 0.894. The minimum Gasteiger partial charge on any atom is -0.384 e. The number of rotatable bonds is 4. The Morgan fingerprint density at radius 2 is 1.78 bits per heavy atom. The highest BCUT2D eigenvalue weighted by atomic mass is 15.0. The van der Waals surface area contributed by atoms with Gasteiger partial charge in [-0.05, 0) is 38.2 Å². The fourth-order valence-corrected chi connectivity index (χ4v) is 1.81. The minimum absolute atomic E-state index is 0.559. The SMILES string of the molecule is CN(C)CCc1ccc(-c2cccc(N)n2)cc1. The molecule has 2 N–H and O–H groups in total. The van der Waals surface area contributed by atoms with Crippen molar-refractivity contribution in [2.45, 2.75) is 6.42 Å². The molecular weight excluding hydrogens is 222 g/mol. The van der Waals surface area contributed by atoms with Crippen LogP contribution in [0.25, 0.3) is 11.3 Å². The zero-order valence-corrected chi connectivity index (χ0v) is 10.9. The van der Waals surface area contributed by atoms with E-state index >= 15 is 0 Å². The van der Waals surface area contributed by atoms with Gasteiger partial charge < -0.3 is 10.6 Å². The molecule has 0 amide bonds. The van der Waals surface area contributed by atoms with Crippen LogP contribution in [0.3, 0.4) is 0 Å². The number of pyridine rings is 1. The Balaban J connectivity index is 2.12. The molecule has 0 aliphatic carbocycles. The summed E-state index contributed by atoms with van der Waals surface area (Å²) in [5, 5.41) is 0. The molecule has 0 unspecified atom stereocenters. The van der Waals surface area contributed by atoms with E-state index < -0.39 is 0 Å². The van der Waals surface area contributed by atoms with Gasteiger partial charge in [-0.2, -0.15) is 0 Å². The first-order chi connectivity index (χ1) is 8.65. The Kier molecular flexibility index (Phi) is 3.95. The molecule has 1 aromatic heterocycles. The first-order valence-electron chi connectivity index (χ1n) is 6.12. The number of aromatic nitrogens is 1. The van der Waals surface area contributed by atoms with Crippen molar-refractivity contribution in [2.24, 2.45) is 0 Å². The molecule has 0 spiro atoms. The van der Waals surface area contributed by atoms with Crippen LogP contribution in [-0.4, -0.2) is 30.5 Å². The van der Waals surface area contributed by atoms with Crippen LogP contribution >= 0.6 is 0 Å². The number of anilines is 1. The topological polar surface area (TPSA) is 42.1 Å². The predicted octanol–water partition coefficient (Wildman–Crippen LogP) is 2.43. The maximum atomic E-state index is 5.69. The van der Waals surface area contributed by atoms with Gasteiger partial charge in [0.15, 0.2) is 0 Å². The van der Waals surface area contributed by atoms with E-state index in [4.69, 9.17) is 5.73 Å². The molecule has 1 heterocycles. The molecule has 0 saturated heterocycles. The monoisotopic (exact) mass is 241 g/mol. The zero-order chi connectivity index (χ0) is 13.0. The summed E-state index contributed by atoms with van der Waals surface area (Å²) < 4.78 is 0. The van der Waals surface area contributed by atoms with Crippen molar-refractivity contribution in [1.82, 2.24) is 9.88 Å². The van der Waals surface area contributed by atoms with Gasteiger partial charge in [0.25, 0.3) is 0 Å². The second kappa shape index (κ2) is 5.65.